The number of hydrogen-bond acceptors (Lipinski definition) is 1. The van der Waals surface area contributed by atoms with Crippen LogP contribution in [0.2, 0.25) is 0 Å². The van der Waals surface area contributed by atoms with Gasteiger partial charge in [-0.2, -0.15) is 0 Å². The van der Waals surface area contributed by atoms with Gasteiger partial charge in [0.1, 0.15) is 0 Å². The second-order valence-corrected chi connectivity index (χ2v) is 13.0. The largest absolute Gasteiger partial charge is 0.310 e. The van der Waals surface area contributed by atoms with Crippen LogP contribution in [0.4, 0.5) is 17.1 Å². The fourth-order valence-electron chi connectivity index (χ4n) is 7.77. The number of fused-ring (bicyclic) bond motifs is 7. The number of nitrogens with zero attached hydrogens (tertiary/aromatic N) is 1. The van der Waals surface area contributed by atoms with Crippen molar-refractivity contribution < 1.29 is 5.48 Å². The SMILES string of the molecule is [2H]c1c([2H])c(N(c2ccc3ccccc3c2)c2cc3ccccc3c3ccccc23)c([2H])c([2H])c1-c1c(-c2ccccc2)c2ccccc2c2ccccc12. The van der Waals surface area contributed by atoms with Gasteiger partial charge in [0.05, 0.1) is 11.2 Å². The van der Waals surface area contributed by atoms with Crippen LogP contribution in [0.5, 0.6) is 0 Å². The van der Waals surface area contributed by atoms with Crippen molar-refractivity contribution in [2.75, 3.05) is 4.90 Å². The predicted molar refractivity (Wildman–Crippen MR) is 220 cm³/mol. The Balaban J connectivity index is 1.33. The summed E-state index contributed by atoms with van der Waals surface area (Å²) in [6.07, 6.45) is 0. The van der Waals surface area contributed by atoms with E-state index in [2.05, 4.69) is 84.9 Å². The molecular formula is C50H33N. The van der Waals surface area contributed by atoms with Gasteiger partial charge in [0.25, 0.3) is 0 Å². The highest BCUT2D eigenvalue weighted by atomic mass is 15.1. The van der Waals surface area contributed by atoms with E-state index < -0.39 is 0 Å². The zero-order valence-electron chi connectivity index (χ0n) is 31.7. The summed E-state index contributed by atoms with van der Waals surface area (Å²) in [5.74, 6) is 0. The van der Waals surface area contributed by atoms with E-state index in [0.29, 0.717) is 5.56 Å². The Hall–Kier alpha value is -6.70. The third-order valence-electron chi connectivity index (χ3n) is 10.1. The molecule has 0 N–H and O–H groups in total. The van der Waals surface area contributed by atoms with Crippen LogP contribution in [0.25, 0.3) is 76.1 Å². The lowest BCUT2D eigenvalue weighted by Crippen LogP contribution is -2.10. The van der Waals surface area contributed by atoms with E-state index in [4.69, 9.17) is 0 Å². The quantitative estimate of drug-likeness (QED) is 0.167. The van der Waals surface area contributed by atoms with Crippen molar-refractivity contribution in [3.8, 4) is 22.3 Å². The molecule has 0 amide bonds. The van der Waals surface area contributed by atoms with Gasteiger partial charge in [-0.05, 0) is 101 Å². The monoisotopic (exact) mass is 651 g/mol. The Morgan fingerprint density at radius 2 is 0.804 bits per heavy atom. The molecule has 0 atom stereocenters. The Kier molecular flexibility index (Phi) is 5.96. The number of hydrogen-bond donors (Lipinski definition) is 0. The first-order valence-corrected chi connectivity index (χ1v) is 17.3. The Morgan fingerprint density at radius 3 is 1.47 bits per heavy atom. The average Bonchev–Trinajstić information content (AvgIpc) is 3.24. The van der Waals surface area contributed by atoms with Crippen LogP contribution in [0.1, 0.15) is 5.48 Å². The predicted octanol–water partition coefficient (Wildman–Crippen LogP) is 14.3. The van der Waals surface area contributed by atoms with Crippen LogP contribution in [-0.2, 0) is 0 Å². The molecule has 0 saturated carbocycles. The zero-order valence-corrected chi connectivity index (χ0v) is 27.7. The van der Waals surface area contributed by atoms with Crippen molar-refractivity contribution in [3.05, 3.63) is 200 Å². The Labute approximate surface area is 302 Å². The van der Waals surface area contributed by atoms with Crippen molar-refractivity contribution in [2.45, 2.75) is 0 Å². The molecule has 0 heterocycles. The van der Waals surface area contributed by atoms with E-state index in [0.717, 1.165) is 76.4 Å². The van der Waals surface area contributed by atoms with Crippen molar-refractivity contribution in [3.63, 3.8) is 0 Å². The molecule has 10 aromatic carbocycles. The lowest BCUT2D eigenvalue weighted by atomic mass is 9.85. The number of rotatable bonds is 5. The third-order valence-corrected chi connectivity index (χ3v) is 10.1. The molecule has 0 unspecified atom stereocenters. The molecule has 10 aromatic rings. The zero-order chi connectivity index (χ0) is 37.2. The molecule has 1 heteroatoms. The summed E-state index contributed by atoms with van der Waals surface area (Å²) in [5, 5.41) is 10.1. The normalized spacial score (nSPS) is 12.6. The smallest absolute Gasteiger partial charge is 0.0645 e. The fraction of sp³-hybridized carbons (Fsp3) is 0. The first-order chi connectivity index (χ1) is 27.0. The van der Waals surface area contributed by atoms with Crippen molar-refractivity contribution >= 4 is 70.9 Å². The third kappa shape index (κ3) is 4.86. The molecule has 0 bridgehead atoms. The standard InChI is InChI=1S/C50H33N/c1-2-15-35(16-3-1)49-46-24-12-9-21-43(46)44-22-10-13-25-47(44)50(49)36-27-29-39(30-28-36)51(40-31-26-34-14-4-5-17-37(34)32-40)48-33-38-18-6-7-19-41(38)42-20-8-11-23-45(42)48/h1-33H/i27D,28D,29D,30D. The van der Waals surface area contributed by atoms with Crippen LogP contribution in [0, 0.1) is 0 Å². The minimum Gasteiger partial charge on any atom is -0.310 e. The molecule has 0 aliphatic carbocycles. The highest BCUT2D eigenvalue weighted by molar-refractivity contribution is 6.21. The van der Waals surface area contributed by atoms with Crippen LogP contribution in [0.15, 0.2) is 200 Å². The van der Waals surface area contributed by atoms with Crippen LogP contribution in [0.3, 0.4) is 0 Å². The van der Waals surface area contributed by atoms with Gasteiger partial charge >= 0.3 is 0 Å². The molecule has 51 heavy (non-hydrogen) atoms. The van der Waals surface area contributed by atoms with Crippen molar-refractivity contribution in [2.24, 2.45) is 0 Å². The van der Waals surface area contributed by atoms with E-state index >= 15 is 0 Å². The first-order valence-electron chi connectivity index (χ1n) is 19.3. The lowest BCUT2D eigenvalue weighted by Gasteiger charge is -2.28. The molecule has 238 valence electrons. The van der Waals surface area contributed by atoms with Gasteiger partial charge in [-0.3, -0.25) is 0 Å². The number of anilines is 3. The van der Waals surface area contributed by atoms with Gasteiger partial charge in [-0.15, -0.1) is 0 Å². The van der Waals surface area contributed by atoms with Gasteiger partial charge in [-0.25, -0.2) is 0 Å². The van der Waals surface area contributed by atoms with Crippen LogP contribution >= 0.6 is 0 Å². The van der Waals surface area contributed by atoms with E-state index in [9.17, 15) is 5.48 Å². The van der Waals surface area contributed by atoms with Crippen molar-refractivity contribution in [1.82, 2.24) is 0 Å². The van der Waals surface area contributed by atoms with Crippen molar-refractivity contribution in [1.29, 1.82) is 0 Å². The summed E-state index contributed by atoms with van der Waals surface area (Å²) in [6.45, 7) is 0. The molecule has 0 radical (unpaired) electrons. The average molecular weight is 652 g/mol. The topological polar surface area (TPSA) is 3.24 Å². The van der Waals surface area contributed by atoms with Gasteiger partial charge in [-0.1, -0.05) is 170 Å². The lowest BCUT2D eigenvalue weighted by molar-refractivity contribution is 1.31. The van der Waals surface area contributed by atoms with Crippen LogP contribution < -0.4 is 4.90 Å². The Bertz CT molecular complexity index is 3130. The highest BCUT2D eigenvalue weighted by Gasteiger charge is 2.20. The second kappa shape index (κ2) is 12.0. The fourth-order valence-corrected chi connectivity index (χ4v) is 7.77. The molecule has 0 saturated heterocycles. The Morgan fingerprint density at radius 1 is 0.314 bits per heavy atom. The number of benzene rings is 10. The summed E-state index contributed by atoms with van der Waals surface area (Å²) in [6, 6.07) is 58.9. The van der Waals surface area contributed by atoms with E-state index in [1.54, 1.807) is 0 Å². The minimum absolute atomic E-state index is 0.0931. The molecule has 1 nitrogen and oxygen atoms in total. The maximum absolute atomic E-state index is 9.90. The van der Waals surface area contributed by atoms with Gasteiger partial charge in [0, 0.05) is 16.8 Å². The summed E-state index contributed by atoms with van der Waals surface area (Å²) in [7, 11) is 0. The molecular weight excluding hydrogens is 615 g/mol. The maximum Gasteiger partial charge on any atom is 0.0645 e. The second-order valence-electron chi connectivity index (χ2n) is 13.0. The highest BCUT2D eigenvalue weighted by Crippen LogP contribution is 2.47. The van der Waals surface area contributed by atoms with Gasteiger partial charge in [0.2, 0.25) is 0 Å². The maximum atomic E-state index is 9.90. The van der Waals surface area contributed by atoms with Gasteiger partial charge in [0.15, 0.2) is 0 Å². The summed E-state index contributed by atoms with van der Waals surface area (Å²) < 4.78 is 39.6. The molecule has 0 fully saturated rings. The summed E-state index contributed by atoms with van der Waals surface area (Å²) in [5.41, 5.74) is 4.52. The first kappa shape index (κ1) is 25.3. The summed E-state index contributed by atoms with van der Waals surface area (Å²) >= 11 is 0. The van der Waals surface area contributed by atoms with E-state index in [-0.39, 0.29) is 35.4 Å². The van der Waals surface area contributed by atoms with E-state index in [1.807, 2.05) is 95.9 Å². The van der Waals surface area contributed by atoms with Gasteiger partial charge < -0.3 is 4.90 Å². The molecule has 0 aliphatic heterocycles. The summed E-state index contributed by atoms with van der Waals surface area (Å²) in [4.78, 5) is 1.93. The van der Waals surface area contributed by atoms with E-state index in [1.165, 1.54) is 0 Å². The molecule has 10 rings (SSSR count). The minimum atomic E-state index is -0.113. The molecule has 0 aliphatic rings. The van der Waals surface area contributed by atoms with Crippen LogP contribution in [-0.4, -0.2) is 0 Å². The molecule has 0 spiro atoms. The molecule has 0 aromatic heterocycles.